The van der Waals surface area contributed by atoms with Crippen molar-refractivity contribution < 1.29 is 14.6 Å². The monoisotopic (exact) mass is 286 g/mol. The SMILES string of the molecule is O=C(O)c1cn([C@H]2CC[C@H](Oc3ccccc3)CC2)cn1. The minimum Gasteiger partial charge on any atom is -0.490 e. The number of ether oxygens (including phenoxy) is 1. The van der Waals surface area contributed by atoms with Gasteiger partial charge in [-0.2, -0.15) is 0 Å². The molecule has 1 aliphatic rings. The summed E-state index contributed by atoms with van der Waals surface area (Å²) in [6, 6.07) is 10.2. The fourth-order valence-electron chi connectivity index (χ4n) is 2.80. The lowest BCUT2D eigenvalue weighted by molar-refractivity contribution is 0.0690. The summed E-state index contributed by atoms with van der Waals surface area (Å²) in [6.45, 7) is 0. The molecule has 1 saturated carbocycles. The quantitative estimate of drug-likeness (QED) is 0.937. The Morgan fingerprint density at radius 1 is 1.19 bits per heavy atom. The summed E-state index contributed by atoms with van der Waals surface area (Å²) in [6.07, 6.45) is 7.38. The summed E-state index contributed by atoms with van der Waals surface area (Å²) in [7, 11) is 0. The summed E-state index contributed by atoms with van der Waals surface area (Å²) < 4.78 is 7.88. The summed E-state index contributed by atoms with van der Waals surface area (Å²) >= 11 is 0. The molecular formula is C16H18N2O3. The third-order valence-electron chi connectivity index (χ3n) is 3.93. The molecule has 5 heteroatoms. The van der Waals surface area contributed by atoms with Gasteiger partial charge in [0.2, 0.25) is 0 Å². The summed E-state index contributed by atoms with van der Waals surface area (Å²) in [5.74, 6) is -0.0633. The molecule has 110 valence electrons. The van der Waals surface area contributed by atoms with E-state index in [1.165, 1.54) is 0 Å². The van der Waals surface area contributed by atoms with Crippen LogP contribution in [0.2, 0.25) is 0 Å². The number of carboxylic acids is 1. The standard InChI is InChI=1S/C16H18N2O3/c19-16(20)15-10-18(11-17-15)12-6-8-14(9-7-12)21-13-4-2-1-3-5-13/h1-5,10-12,14H,6-9H2,(H,19,20)/t12-,14-. The van der Waals surface area contributed by atoms with Gasteiger partial charge in [0.1, 0.15) is 5.75 Å². The van der Waals surface area contributed by atoms with Gasteiger partial charge in [-0.3, -0.25) is 0 Å². The van der Waals surface area contributed by atoms with Gasteiger partial charge in [0.15, 0.2) is 5.69 Å². The number of carboxylic acid groups (broad SMARTS) is 1. The summed E-state index contributed by atoms with van der Waals surface area (Å²) in [5, 5.41) is 8.91. The first-order valence-electron chi connectivity index (χ1n) is 7.21. The molecule has 0 amide bonds. The molecule has 3 rings (SSSR count). The Kier molecular flexibility index (Phi) is 3.90. The highest BCUT2D eigenvalue weighted by molar-refractivity contribution is 5.84. The van der Waals surface area contributed by atoms with Crippen LogP contribution in [0.3, 0.4) is 0 Å². The predicted octanol–water partition coefficient (Wildman–Crippen LogP) is 3.14. The average molecular weight is 286 g/mol. The van der Waals surface area contributed by atoms with E-state index in [1.54, 1.807) is 12.5 Å². The Labute approximate surface area is 123 Å². The molecule has 0 spiro atoms. The van der Waals surface area contributed by atoms with Gasteiger partial charge in [-0.25, -0.2) is 9.78 Å². The van der Waals surface area contributed by atoms with Crippen LogP contribution in [-0.4, -0.2) is 26.7 Å². The molecule has 1 aromatic heterocycles. The van der Waals surface area contributed by atoms with Crippen molar-refractivity contribution in [2.45, 2.75) is 37.8 Å². The number of para-hydroxylation sites is 1. The first-order valence-corrected chi connectivity index (χ1v) is 7.21. The second kappa shape index (κ2) is 5.99. The lowest BCUT2D eigenvalue weighted by Crippen LogP contribution is -2.25. The van der Waals surface area contributed by atoms with Crippen LogP contribution < -0.4 is 4.74 Å². The van der Waals surface area contributed by atoms with E-state index >= 15 is 0 Å². The highest BCUT2D eigenvalue weighted by Gasteiger charge is 2.24. The molecule has 0 radical (unpaired) electrons. The zero-order valence-corrected chi connectivity index (χ0v) is 11.7. The lowest BCUT2D eigenvalue weighted by Gasteiger charge is -2.29. The van der Waals surface area contributed by atoms with Crippen LogP contribution in [0, 0.1) is 0 Å². The summed E-state index contributed by atoms with van der Waals surface area (Å²) in [5.41, 5.74) is 0.109. The number of aromatic nitrogens is 2. The smallest absolute Gasteiger partial charge is 0.356 e. The van der Waals surface area contributed by atoms with Gasteiger partial charge in [-0.15, -0.1) is 0 Å². The molecular weight excluding hydrogens is 268 g/mol. The molecule has 0 saturated heterocycles. The third-order valence-corrected chi connectivity index (χ3v) is 3.93. The van der Waals surface area contributed by atoms with Gasteiger partial charge in [0.05, 0.1) is 12.4 Å². The Bertz CT molecular complexity index is 601. The highest BCUT2D eigenvalue weighted by Crippen LogP contribution is 2.30. The first kappa shape index (κ1) is 13.7. The van der Waals surface area contributed by atoms with Crippen LogP contribution >= 0.6 is 0 Å². The molecule has 1 N–H and O–H groups in total. The molecule has 1 heterocycles. The Morgan fingerprint density at radius 2 is 1.90 bits per heavy atom. The second-order valence-electron chi connectivity index (χ2n) is 5.37. The van der Waals surface area contributed by atoms with Crippen molar-refractivity contribution in [1.29, 1.82) is 0 Å². The number of rotatable bonds is 4. The molecule has 1 fully saturated rings. The van der Waals surface area contributed by atoms with Gasteiger partial charge in [-0.1, -0.05) is 18.2 Å². The Balaban J connectivity index is 1.56. The average Bonchev–Trinajstić information content (AvgIpc) is 2.99. The van der Waals surface area contributed by atoms with E-state index in [-0.39, 0.29) is 11.8 Å². The van der Waals surface area contributed by atoms with Gasteiger partial charge in [0.25, 0.3) is 0 Å². The van der Waals surface area contributed by atoms with Crippen molar-refractivity contribution in [3.63, 3.8) is 0 Å². The van der Waals surface area contributed by atoms with E-state index < -0.39 is 5.97 Å². The van der Waals surface area contributed by atoms with Gasteiger partial charge < -0.3 is 14.4 Å². The number of hydrogen-bond acceptors (Lipinski definition) is 3. The zero-order chi connectivity index (χ0) is 14.7. The third kappa shape index (κ3) is 3.24. The van der Waals surface area contributed by atoms with Crippen LogP contribution in [0.5, 0.6) is 5.75 Å². The molecule has 5 nitrogen and oxygen atoms in total. The van der Waals surface area contributed by atoms with Crippen molar-refractivity contribution in [1.82, 2.24) is 9.55 Å². The molecule has 1 aliphatic carbocycles. The van der Waals surface area contributed by atoms with Gasteiger partial charge >= 0.3 is 5.97 Å². The Hall–Kier alpha value is -2.30. The fraction of sp³-hybridized carbons (Fsp3) is 0.375. The van der Waals surface area contributed by atoms with Crippen molar-refractivity contribution in [3.05, 3.63) is 48.5 Å². The highest BCUT2D eigenvalue weighted by atomic mass is 16.5. The van der Waals surface area contributed by atoms with E-state index in [0.717, 1.165) is 31.4 Å². The number of imidazole rings is 1. The van der Waals surface area contributed by atoms with Crippen molar-refractivity contribution in [2.75, 3.05) is 0 Å². The molecule has 0 atom stereocenters. The van der Waals surface area contributed by atoms with Crippen molar-refractivity contribution in [3.8, 4) is 5.75 Å². The molecule has 0 unspecified atom stereocenters. The first-order chi connectivity index (χ1) is 10.2. The normalized spacial score (nSPS) is 21.9. The van der Waals surface area contributed by atoms with Crippen molar-refractivity contribution in [2.24, 2.45) is 0 Å². The van der Waals surface area contributed by atoms with Crippen LogP contribution in [0.1, 0.15) is 42.2 Å². The maximum Gasteiger partial charge on any atom is 0.356 e. The van der Waals surface area contributed by atoms with Crippen LogP contribution in [-0.2, 0) is 0 Å². The molecule has 0 bridgehead atoms. The number of benzene rings is 1. The van der Waals surface area contributed by atoms with E-state index in [4.69, 9.17) is 9.84 Å². The molecule has 0 aliphatic heterocycles. The molecule has 2 aromatic rings. The number of nitrogens with zero attached hydrogens (tertiary/aromatic N) is 2. The second-order valence-corrected chi connectivity index (χ2v) is 5.37. The van der Waals surface area contributed by atoms with E-state index in [1.807, 2.05) is 34.9 Å². The largest absolute Gasteiger partial charge is 0.490 e. The van der Waals surface area contributed by atoms with Gasteiger partial charge in [0, 0.05) is 12.2 Å². The predicted molar refractivity (Wildman–Crippen MR) is 77.5 cm³/mol. The topological polar surface area (TPSA) is 64.3 Å². The number of carbonyl (C=O) groups is 1. The Morgan fingerprint density at radius 3 is 2.52 bits per heavy atom. The van der Waals surface area contributed by atoms with Crippen LogP contribution in [0.4, 0.5) is 0 Å². The molecule has 21 heavy (non-hydrogen) atoms. The minimum absolute atomic E-state index is 0.109. The van der Waals surface area contributed by atoms with Crippen molar-refractivity contribution >= 4 is 5.97 Å². The summed E-state index contributed by atoms with van der Waals surface area (Å²) in [4.78, 5) is 14.8. The van der Waals surface area contributed by atoms with Gasteiger partial charge in [-0.05, 0) is 37.8 Å². The maximum absolute atomic E-state index is 10.9. The lowest BCUT2D eigenvalue weighted by atomic mass is 9.93. The van der Waals surface area contributed by atoms with Crippen LogP contribution in [0.25, 0.3) is 0 Å². The fourth-order valence-corrected chi connectivity index (χ4v) is 2.80. The van der Waals surface area contributed by atoms with Crippen LogP contribution in [0.15, 0.2) is 42.9 Å². The maximum atomic E-state index is 10.9. The van der Waals surface area contributed by atoms with E-state index in [9.17, 15) is 4.79 Å². The molecule has 1 aromatic carbocycles. The van der Waals surface area contributed by atoms with E-state index in [2.05, 4.69) is 4.98 Å². The zero-order valence-electron chi connectivity index (χ0n) is 11.7. The minimum atomic E-state index is -0.977. The van der Waals surface area contributed by atoms with E-state index in [0.29, 0.717) is 6.04 Å². The number of hydrogen-bond donors (Lipinski definition) is 1. The number of aromatic carboxylic acids is 1.